The fraction of sp³-hybridized carbons (Fsp3) is 0.222. The Balaban J connectivity index is 1.93. The highest BCUT2D eigenvalue weighted by Gasteiger charge is 2.37. The minimum Gasteiger partial charge on any atom is -0.482 e. The van der Waals surface area contributed by atoms with Crippen LogP contribution in [0.5, 0.6) is 5.75 Å². The maximum atomic E-state index is 13.1. The molecule has 1 atom stereocenters. The number of nitrogens with one attached hydrogen (secondary N) is 3. The molecule has 2 amide bonds. The summed E-state index contributed by atoms with van der Waals surface area (Å²) in [5, 5.41) is 0.265. The van der Waals surface area contributed by atoms with Crippen molar-refractivity contribution in [1.82, 2.24) is 15.6 Å². The van der Waals surface area contributed by atoms with Crippen LogP contribution in [0.25, 0.3) is 0 Å². The molecule has 0 heterocycles. The van der Waals surface area contributed by atoms with Crippen LogP contribution in [0.15, 0.2) is 53.4 Å². The van der Waals surface area contributed by atoms with Gasteiger partial charge in [0.15, 0.2) is 6.61 Å². The molecule has 0 aliphatic carbocycles. The second-order valence-electron chi connectivity index (χ2n) is 6.09. The van der Waals surface area contributed by atoms with Crippen molar-refractivity contribution < 1.29 is 35.9 Å². The molecule has 8 nitrogen and oxygen atoms in total. The molecule has 0 aromatic heterocycles. The van der Waals surface area contributed by atoms with Gasteiger partial charge in [-0.15, -0.1) is 0 Å². The predicted molar refractivity (Wildman–Crippen MR) is 104 cm³/mol. The molecule has 0 aliphatic heterocycles. The van der Waals surface area contributed by atoms with Crippen molar-refractivity contribution in [3.05, 3.63) is 59.1 Å². The van der Waals surface area contributed by atoms with E-state index >= 15 is 0 Å². The summed E-state index contributed by atoms with van der Waals surface area (Å²) in [5.41, 5.74) is 2.57. The smallest absolute Gasteiger partial charge is 0.417 e. The summed E-state index contributed by atoms with van der Waals surface area (Å²) >= 11 is 5.87. The molecule has 0 fully saturated rings. The Morgan fingerprint density at radius 3 is 2.32 bits per heavy atom. The highest BCUT2D eigenvalue weighted by atomic mass is 35.5. The first kappa shape index (κ1) is 24.4. The van der Waals surface area contributed by atoms with Gasteiger partial charge in [0.25, 0.3) is 11.8 Å². The number of para-hydroxylation sites is 1. The first-order valence-corrected chi connectivity index (χ1v) is 10.4. The number of carbonyl (C=O) groups is 2. The van der Waals surface area contributed by atoms with Crippen LogP contribution in [-0.4, -0.2) is 32.9 Å². The van der Waals surface area contributed by atoms with E-state index in [9.17, 15) is 31.2 Å². The summed E-state index contributed by atoms with van der Waals surface area (Å²) in [5.74, 6) is -1.57. The van der Waals surface area contributed by atoms with Gasteiger partial charge < -0.3 is 4.74 Å². The molecule has 168 valence electrons. The number of hydrogen-bond acceptors (Lipinski definition) is 5. The van der Waals surface area contributed by atoms with Gasteiger partial charge in [0.05, 0.1) is 21.5 Å². The van der Waals surface area contributed by atoms with Gasteiger partial charge in [0.1, 0.15) is 5.75 Å². The van der Waals surface area contributed by atoms with Crippen LogP contribution in [0.3, 0.4) is 0 Å². The summed E-state index contributed by atoms with van der Waals surface area (Å²) in [6.07, 6.45) is -4.91. The van der Waals surface area contributed by atoms with Crippen LogP contribution in [0.1, 0.15) is 12.5 Å². The fourth-order valence-electron chi connectivity index (χ4n) is 2.27. The Morgan fingerprint density at radius 1 is 1.06 bits per heavy atom. The van der Waals surface area contributed by atoms with E-state index in [1.165, 1.54) is 6.07 Å². The molecule has 1 unspecified atom stereocenters. The summed E-state index contributed by atoms with van der Waals surface area (Å²) in [6.45, 7) is 0.582. The zero-order chi connectivity index (χ0) is 23.2. The van der Waals surface area contributed by atoms with Crippen LogP contribution >= 0.6 is 11.6 Å². The third-order valence-electron chi connectivity index (χ3n) is 3.73. The second-order valence-corrected chi connectivity index (χ2v) is 8.18. The van der Waals surface area contributed by atoms with Gasteiger partial charge in [-0.1, -0.05) is 35.9 Å². The number of amides is 2. The van der Waals surface area contributed by atoms with Crippen molar-refractivity contribution in [2.45, 2.75) is 24.0 Å². The maximum Gasteiger partial charge on any atom is 0.417 e. The lowest BCUT2D eigenvalue weighted by Crippen LogP contribution is -2.52. The zero-order valence-corrected chi connectivity index (χ0v) is 17.4. The lowest BCUT2D eigenvalue weighted by atomic mass is 10.2. The number of hydrazine groups is 1. The molecular weight excluding hydrogens is 463 g/mol. The first-order chi connectivity index (χ1) is 14.4. The predicted octanol–water partition coefficient (Wildman–Crippen LogP) is 2.25. The van der Waals surface area contributed by atoms with E-state index in [0.717, 1.165) is 25.1 Å². The summed E-state index contributed by atoms with van der Waals surface area (Å²) in [7, 11) is -4.69. The number of ether oxygens (including phenoxy) is 1. The molecule has 31 heavy (non-hydrogen) atoms. The Labute approximate surface area is 180 Å². The Hall–Kier alpha value is -2.83. The molecule has 0 bridgehead atoms. The normalized spacial score (nSPS) is 12.7. The van der Waals surface area contributed by atoms with E-state index < -0.39 is 51.1 Å². The largest absolute Gasteiger partial charge is 0.482 e. The molecule has 0 saturated carbocycles. The van der Waals surface area contributed by atoms with Crippen molar-refractivity contribution in [2.75, 3.05) is 6.61 Å². The summed E-state index contributed by atoms with van der Waals surface area (Å²) in [6, 6.07) is 8.38. The van der Waals surface area contributed by atoms with E-state index in [4.69, 9.17) is 16.3 Å². The van der Waals surface area contributed by atoms with Gasteiger partial charge in [0.2, 0.25) is 10.0 Å². The zero-order valence-electron chi connectivity index (χ0n) is 15.9. The molecular formula is C18H17ClF3N3O5S. The van der Waals surface area contributed by atoms with Crippen molar-refractivity contribution >= 4 is 33.4 Å². The Bertz CT molecular complexity index is 1060. The SMILES string of the molecule is CC(NS(=O)(=O)c1ccccc1C(F)(F)F)C(=O)NNC(=O)COc1ccccc1Cl. The summed E-state index contributed by atoms with van der Waals surface area (Å²) < 4.78 is 70.9. The van der Waals surface area contributed by atoms with E-state index in [2.05, 4.69) is 0 Å². The molecule has 0 saturated heterocycles. The van der Waals surface area contributed by atoms with Crippen molar-refractivity contribution in [3.63, 3.8) is 0 Å². The molecule has 0 aliphatic rings. The third-order valence-corrected chi connectivity index (χ3v) is 5.64. The lowest BCUT2D eigenvalue weighted by molar-refractivity contribution is -0.139. The quantitative estimate of drug-likeness (QED) is 0.527. The monoisotopic (exact) mass is 479 g/mol. The van der Waals surface area contributed by atoms with Gasteiger partial charge in [-0.2, -0.15) is 17.9 Å². The minimum absolute atomic E-state index is 0.232. The number of alkyl halides is 3. The number of halogens is 4. The van der Waals surface area contributed by atoms with Crippen LogP contribution in [-0.2, 0) is 25.8 Å². The molecule has 2 aromatic rings. The average Bonchev–Trinajstić information content (AvgIpc) is 2.70. The van der Waals surface area contributed by atoms with Gasteiger partial charge in [-0.3, -0.25) is 20.4 Å². The van der Waals surface area contributed by atoms with Crippen molar-refractivity contribution in [2.24, 2.45) is 0 Å². The van der Waals surface area contributed by atoms with E-state index in [-0.39, 0.29) is 10.8 Å². The molecule has 3 N–H and O–H groups in total. The Morgan fingerprint density at radius 2 is 1.68 bits per heavy atom. The topological polar surface area (TPSA) is 114 Å². The number of hydrogen-bond donors (Lipinski definition) is 3. The minimum atomic E-state index is -4.91. The van der Waals surface area contributed by atoms with E-state index in [1.54, 1.807) is 18.2 Å². The van der Waals surface area contributed by atoms with Crippen LogP contribution in [0.4, 0.5) is 13.2 Å². The van der Waals surface area contributed by atoms with Gasteiger partial charge >= 0.3 is 6.18 Å². The van der Waals surface area contributed by atoms with Crippen molar-refractivity contribution in [3.8, 4) is 5.75 Å². The molecule has 13 heteroatoms. The second kappa shape index (κ2) is 9.98. The van der Waals surface area contributed by atoms with Gasteiger partial charge in [-0.25, -0.2) is 8.42 Å². The van der Waals surface area contributed by atoms with Crippen LogP contribution in [0, 0.1) is 0 Å². The first-order valence-electron chi connectivity index (χ1n) is 8.56. The van der Waals surface area contributed by atoms with Crippen molar-refractivity contribution in [1.29, 1.82) is 0 Å². The average molecular weight is 480 g/mol. The van der Waals surface area contributed by atoms with Crippen LogP contribution < -0.4 is 20.3 Å². The number of sulfonamides is 1. The van der Waals surface area contributed by atoms with E-state index in [1.807, 2.05) is 15.6 Å². The molecule has 2 aromatic carbocycles. The number of benzene rings is 2. The third kappa shape index (κ3) is 6.84. The van der Waals surface area contributed by atoms with Gasteiger partial charge in [0, 0.05) is 0 Å². The maximum absolute atomic E-state index is 13.1. The molecule has 2 rings (SSSR count). The lowest BCUT2D eigenvalue weighted by Gasteiger charge is -2.17. The molecule has 0 radical (unpaired) electrons. The number of rotatable bonds is 7. The Kier molecular flexibility index (Phi) is 7.87. The standard InChI is InChI=1S/C18H17ClF3N3O5S/c1-11(25-31(28,29)15-9-5-2-6-12(15)18(20,21)22)17(27)24-23-16(26)10-30-14-8-4-3-7-13(14)19/h2-9,11,25H,10H2,1H3,(H,23,26)(H,24,27). The number of carbonyl (C=O) groups excluding carboxylic acids is 2. The van der Waals surface area contributed by atoms with Crippen LogP contribution in [0.2, 0.25) is 5.02 Å². The van der Waals surface area contributed by atoms with E-state index in [0.29, 0.717) is 6.07 Å². The fourth-order valence-corrected chi connectivity index (χ4v) is 3.89. The highest BCUT2D eigenvalue weighted by molar-refractivity contribution is 7.89. The molecule has 0 spiro atoms. The highest BCUT2D eigenvalue weighted by Crippen LogP contribution is 2.33. The summed E-state index contributed by atoms with van der Waals surface area (Å²) in [4.78, 5) is 22.8. The van der Waals surface area contributed by atoms with Gasteiger partial charge in [-0.05, 0) is 31.2 Å².